The molecule has 0 aliphatic carbocycles. The summed E-state index contributed by atoms with van der Waals surface area (Å²) in [6, 6.07) is 9.75. The maximum absolute atomic E-state index is 12.2. The first kappa shape index (κ1) is 15.7. The minimum absolute atomic E-state index is 0.0603. The van der Waals surface area contributed by atoms with E-state index in [0.29, 0.717) is 19.4 Å². The lowest BCUT2D eigenvalue weighted by atomic mass is 10.0. The summed E-state index contributed by atoms with van der Waals surface area (Å²) >= 11 is 0. The standard InChI is InChI=1S/C17H24N2O2/c18-15-11-4-5-12-16(20)19(17(15)21)13-7-6-10-14-8-2-1-3-9-14/h1-3,8-9,15H,4-7,10-13,18H2. The Balaban J connectivity index is 1.81. The summed E-state index contributed by atoms with van der Waals surface area (Å²) < 4.78 is 0. The summed E-state index contributed by atoms with van der Waals surface area (Å²) in [6.45, 7) is 0.498. The Bertz CT molecular complexity index is 473. The molecular weight excluding hydrogens is 264 g/mol. The molecular formula is C17H24N2O2. The molecule has 4 nitrogen and oxygen atoms in total. The molecule has 2 rings (SSSR count). The summed E-state index contributed by atoms with van der Waals surface area (Å²) in [5.41, 5.74) is 7.14. The lowest BCUT2D eigenvalue weighted by Gasteiger charge is -2.26. The first-order valence-electron chi connectivity index (χ1n) is 7.82. The van der Waals surface area contributed by atoms with E-state index in [0.717, 1.165) is 32.1 Å². The van der Waals surface area contributed by atoms with E-state index in [4.69, 9.17) is 5.73 Å². The van der Waals surface area contributed by atoms with Crippen LogP contribution in [0.1, 0.15) is 44.1 Å². The van der Waals surface area contributed by atoms with E-state index >= 15 is 0 Å². The van der Waals surface area contributed by atoms with Gasteiger partial charge in [0.15, 0.2) is 0 Å². The SMILES string of the molecule is NC1CCCCC(=O)N(CCCCc2ccccc2)C1=O. The molecule has 0 bridgehead atoms. The van der Waals surface area contributed by atoms with Crippen molar-refractivity contribution in [1.82, 2.24) is 4.90 Å². The molecule has 1 aliphatic heterocycles. The average Bonchev–Trinajstić information content (AvgIpc) is 2.50. The minimum atomic E-state index is -0.511. The van der Waals surface area contributed by atoms with Crippen LogP contribution in [0, 0.1) is 0 Å². The van der Waals surface area contributed by atoms with Crippen LogP contribution in [0.3, 0.4) is 0 Å². The summed E-state index contributed by atoms with van der Waals surface area (Å²) in [6.07, 6.45) is 5.63. The van der Waals surface area contributed by atoms with Crippen molar-refractivity contribution >= 4 is 11.8 Å². The van der Waals surface area contributed by atoms with Crippen molar-refractivity contribution in [2.45, 2.75) is 51.0 Å². The van der Waals surface area contributed by atoms with Crippen molar-refractivity contribution in [3.05, 3.63) is 35.9 Å². The van der Waals surface area contributed by atoms with Crippen molar-refractivity contribution in [3.63, 3.8) is 0 Å². The zero-order chi connectivity index (χ0) is 15.1. The third-order valence-corrected chi connectivity index (χ3v) is 3.98. The lowest BCUT2D eigenvalue weighted by molar-refractivity contribution is -0.146. The Morgan fingerprint density at radius 3 is 2.62 bits per heavy atom. The predicted molar refractivity (Wildman–Crippen MR) is 82.5 cm³/mol. The molecule has 2 N–H and O–H groups in total. The molecule has 1 aromatic carbocycles. The fourth-order valence-corrected chi connectivity index (χ4v) is 2.70. The van der Waals surface area contributed by atoms with Crippen molar-refractivity contribution in [2.75, 3.05) is 6.54 Å². The number of amides is 2. The zero-order valence-electron chi connectivity index (χ0n) is 12.5. The molecule has 4 heteroatoms. The number of nitrogens with zero attached hydrogens (tertiary/aromatic N) is 1. The summed E-state index contributed by atoms with van der Waals surface area (Å²) in [5, 5.41) is 0. The van der Waals surface area contributed by atoms with Crippen LogP contribution in [-0.4, -0.2) is 29.3 Å². The summed E-state index contributed by atoms with van der Waals surface area (Å²) in [5.74, 6) is -0.255. The molecule has 0 saturated carbocycles. The van der Waals surface area contributed by atoms with Crippen LogP contribution in [0.5, 0.6) is 0 Å². The highest BCUT2D eigenvalue weighted by atomic mass is 16.2. The van der Waals surface area contributed by atoms with Crippen molar-refractivity contribution in [3.8, 4) is 0 Å². The van der Waals surface area contributed by atoms with Gasteiger partial charge in [0, 0.05) is 13.0 Å². The van der Waals surface area contributed by atoms with Gasteiger partial charge in [-0.15, -0.1) is 0 Å². The number of rotatable bonds is 5. The van der Waals surface area contributed by atoms with Crippen LogP contribution in [0.15, 0.2) is 30.3 Å². The highest BCUT2D eigenvalue weighted by molar-refractivity contribution is 5.97. The topological polar surface area (TPSA) is 63.4 Å². The maximum Gasteiger partial charge on any atom is 0.246 e. The van der Waals surface area contributed by atoms with Gasteiger partial charge in [-0.3, -0.25) is 14.5 Å². The molecule has 1 atom stereocenters. The van der Waals surface area contributed by atoms with Gasteiger partial charge in [0.2, 0.25) is 11.8 Å². The number of carbonyl (C=O) groups excluding carboxylic acids is 2. The molecule has 1 fully saturated rings. The first-order valence-corrected chi connectivity index (χ1v) is 7.82. The number of hydrogen-bond donors (Lipinski definition) is 1. The van der Waals surface area contributed by atoms with E-state index in [1.807, 2.05) is 18.2 Å². The Morgan fingerprint density at radius 2 is 1.86 bits per heavy atom. The smallest absolute Gasteiger partial charge is 0.246 e. The molecule has 0 aromatic heterocycles. The Morgan fingerprint density at radius 1 is 1.10 bits per heavy atom. The van der Waals surface area contributed by atoms with Gasteiger partial charge in [0.1, 0.15) is 0 Å². The van der Waals surface area contributed by atoms with Crippen LogP contribution in [0.2, 0.25) is 0 Å². The highest BCUT2D eigenvalue weighted by Crippen LogP contribution is 2.14. The summed E-state index contributed by atoms with van der Waals surface area (Å²) in [7, 11) is 0. The van der Waals surface area contributed by atoms with Crippen molar-refractivity contribution in [1.29, 1.82) is 0 Å². The van der Waals surface area contributed by atoms with Gasteiger partial charge in [-0.25, -0.2) is 0 Å². The van der Waals surface area contributed by atoms with Crippen LogP contribution >= 0.6 is 0 Å². The van der Waals surface area contributed by atoms with E-state index in [2.05, 4.69) is 12.1 Å². The van der Waals surface area contributed by atoms with E-state index in [9.17, 15) is 9.59 Å². The highest BCUT2D eigenvalue weighted by Gasteiger charge is 2.27. The third kappa shape index (κ3) is 4.67. The molecule has 21 heavy (non-hydrogen) atoms. The fraction of sp³-hybridized carbons (Fsp3) is 0.529. The lowest BCUT2D eigenvalue weighted by Crippen LogP contribution is -2.48. The van der Waals surface area contributed by atoms with Gasteiger partial charge < -0.3 is 5.73 Å². The van der Waals surface area contributed by atoms with Gasteiger partial charge >= 0.3 is 0 Å². The molecule has 114 valence electrons. The second-order valence-corrected chi connectivity index (χ2v) is 5.68. The van der Waals surface area contributed by atoms with E-state index < -0.39 is 6.04 Å². The first-order chi connectivity index (χ1) is 10.2. The van der Waals surface area contributed by atoms with Crippen LogP contribution in [-0.2, 0) is 16.0 Å². The number of nitrogens with two attached hydrogens (primary N) is 1. The van der Waals surface area contributed by atoms with E-state index in [1.165, 1.54) is 10.5 Å². The van der Waals surface area contributed by atoms with Gasteiger partial charge in [-0.1, -0.05) is 36.8 Å². The average molecular weight is 288 g/mol. The number of carbonyl (C=O) groups is 2. The van der Waals surface area contributed by atoms with Gasteiger partial charge in [0.05, 0.1) is 6.04 Å². The number of benzene rings is 1. The molecule has 1 aromatic rings. The van der Waals surface area contributed by atoms with E-state index in [-0.39, 0.29) is 11.8 Å². The normalized spacial score (nSPS) is 20.2. The van der Waals surface area contributed by atoms with Crippen LogP contribution in [0.25, 0.3) is 0 Å². The number of imide groups is 1. The molecule has 1 aliphatic rings. The number of hydrogen-bond acceptors (Lipinski definition) is 3. The maximum atomic E-state index is 12.2. The van der Waals surface area contributed by atoms with Crippen molar-refractivity contribution in [2.24, 2.45) is 5.73 Å². The summed E-state index contributed by atoms with van der Waals surface area (Å²) in [4.78, 5) is 25.6. The second kappa shape index (κ2) is 7.93. The van der Waals surface area contributed by atoms with Gasteiger partial charge in [-0.05, 0) is 37.7 Å². The predicted octanol–water partition coefficient (Wildman–Crippen LogP) is 2.27. The quantitative estimate of drug-likeness (QED) is 0.668. The molecule has 2 amide bonds. The van der Waals surface area contributed by atoms with Gasteiger partial charge in [-0.2, -0.15) is 0 Å². The van der Waals surface area contributed by atoms with Crippen LogP contribution < -0.4 is 5.73 Å². The molecule has 1 unspecified atom stereocenters. The monoisotopic (exact) mass is 288 g/mol. The zero-order valence-corrected chi connectivity index (χ0v) is 12.5. The molecule has 0 radical (unpaired) electrons. The Hall–Kier alpha value is -1.68. The number of likely N-dealkylation sites (tertiary alicyclic amines) is 1. The van der Waals surface area contributed by atoms with Crippen LogP contribution in [0.4, 0.5) is 0 Å². The third-order valence-electron chi connectivity index (χ3n) is 3.98. The van der Waals surface area contributed by atoms with Gasteiger partial charge in [0.25, 0.3) is 0 Å². The molecule has 1 heterocycles. The second-order valence-electron chi connectivity index (χ2n) is 5.68. The molecule has 0 spiro atoms. The fourth-order valence-electron chi connectivity index (χ4n) is 2.70. The molecule has 1 saturated heterocycles. The number of unbranched alkanes of at least 4 members (excludes halogenated alkanes) is 1. The van der Waals surface area contributed by atoms with Crippen molar-refractivity contribution < 1.29 is 9.59 Å². The Kier molecular flexibility index (Phi) is 5.93. The largest absolute Gasteiger partial charge is 0.320 e. The van der Waals surface area contributed by atoms with E-state index in [1.54, 1.807) is 0 Å². The minimum Gasteiger partial charge on any atom is -0.320 e. The Labute approximate surface area is 126 Å². The number of aryl methyl sites for hydroxylation is 1.